The van der Waals surface area contributed by atoms with Crippen molar-refractivity contribution in [3.05, 3.63) is 53.5 Å². The molecule has 1 saturated heterocycles. The highest BCUT2D eigenvalue weighted by atomic mass is 32.2. The lowest BCUT2D eigenvalue weighted by Crippen LogP contribution is -2.40. The predicted molar refractivity (Wildman–Crippen MR) is 92.5 cm³/mol. The number of aromatic nitrogens is 1. The molecule has 0 atom stereocenters. The molecule has 2 heterocycles. The third-order valence-corrected chi connectivity index (χ3v) is 6.06. The van der Waals surface area contributed by atoms with E-state index in [0.717, 1.165) is 18.3 Å². The summed E-state index contributed by atoms with van der Waals surface area (Å²) in [5, 5.41) is 2.69. The summed E-state index contributed by atoms with van der Waals surface area (Å²) in [7, 11) is -3.70. The average Bonchev–Trinajstić information content (AvgIpc) is 2.67. The number of rotatable bonds is 5. The van der Waals surface area contributed by atoms with E-state index in [0.29, 0.717) is 19.3 Å². The summed E-state index contributed by atoms with van der Waals surface area (Å²) in [6.45, 7) is 0.856. The van der Waals surface area contributed by atoms with E-state index in [-0.39, 0.29) is 35.9 Å². The zero-order chi connectivity index (χ0) is 20.4. The van der Waals surface area contributed by atoms with Gasteiger partial charge in [0.1, 0.15) is 16.5 Å². The zero-order valence-corrected chi connectivity index (χ0v) is 15.4. The highest BCUT2D eigenvalue weighted by molar-refractivity contribution is 7.89. The topological polar surface area (TPSA) is 71.5 Å². The number of hydrogen-bond donors (Lipinski definition) is 1. The molecule has 11 heteroatoms. The third-order valence-electron chi connectivity index (χ3n) is 4.18. The number of nitrogens with one attached hydrogen (secondary N) is 1. The van der Waals surface area contributed by atoms with Crippen LogP contribution < -0.4 is 5.32 Å². The van der Waals surface area contributed by atoms with Gasteiger partial charge < -0.3 is 10.1 Å². The van der Waals surface area contributed by atoms with E-state index in [2.05, 4.69) is 10.3 Å². The molecule has 6 nitrogen and oxygen atoms in total. The summed E-state index contributed by atoms with van der Waals surface area (Å²) in [4.78, 5) is 3.94. The van der Waals surface area contributed by atoms with Gasteiger partial charge in [-0.15, -0.1) is 0 Å². The number of morpholine rings is 1. The number of anilines is 1. The number of hydrogen-bond acceptors (Lipinski definition) is 5. The molecule has 28 heavy (non-hydrogen) atoms. The molecular formula is C17H17F4N3O3S. The van der Waals surface area contributed by atoms with Crippen LogP contribution in [0.15, 0.2) is 41.4 Å². The molecular weight excluding hydrogens is 402 g/mol. The van der Waals surface area contributed by atoms with Gasteiger partial charge in [-0.25, -0.2) is 17.8 Å². The van der Waals surface area contributed by atoms with Crippen LogP contribution in [0.3, 0.4) is 0 Å². The van der Waals surface area contributed by atoms with Gasteiger partial charge >= 0.3 is 6.18 Å². The van der Waals surface area contributed by atoms with Crippen LogP contribution in [0.4, 0.5) is 23.4 Å². The molecule has 2 aromatic rings. The van der Waals surface area contributed by atoms with Gasteiger partial charge in [-0.2, -0.15) is 17.5 Å². The Morgan fingerprint density at radius 1 is 1.14 bits per heavy atom. The number of alkyl halides is 3. The van der Waals surface area contributed by atoms with Crippen LogP contribution in [0.1, 0.15) is 11.1 Å². The van der Waals surface area contributed by atoms with Gasteiger partial charge in [0.05, 0.1) is 18.8 Å². The van der Waals surface area contributed by atoms with Gasteiger partial charge in [0, 0.05) is 25.8 Å². The van der Waals surface area contributed by atoms with E-state index < -0.39 is 27.6 Å². The van der Waals surface area contributed by atoms with E-state index in [4.69, 9.17) is 4.74 Å². The molecule has 0 spiro atoms. The van der Waals surface area contributed by atoms with Crippen LogP contribution in [0.5, 0.6) is 0 Å². The monoisotopic (exact) mass is 419 g/mol. The summed E-state index contributed by atoms with van der Waals surface area (Å²) in [5.41, 5.74) is -1.23. The van der Waals surface area contributed by atoms with Crippen molar-refractivity contribution in [3.63, 3.8) is 0 Å². The summed E-state index contributed by atoms with van der Waals surface area (Å²) >= 11 is 0. The fourth-order valence-electron chi connectivity index (χ4n) is 2.73. The molecule has 0 aliphatic carbocycles. The van der Waals surface area contributed by atoms with Gasteiger partial charge in [0.15, 0.2) is 0 Å². The number of benzene rings is 1. The Bertz CT molecular complexity index is 928. The van der Waals surface area contributed by atoms with Gasteiger partial charge in [-0.3, -0.25) is 0 Å². The molecule has 3 rings (SSSR count). The highest BCUT2D eigenvalue weighted by Crippen LogP contribution is 2.32. The van der Waals surface area contributed by atoms with Crippen molar-refractivity contribution < 1.29 is 30.7 Å². The number of sulfonamides is 1. The lowest BCUT2D eigenvalue weighted by molar-refractivity contribution is -0.138. The molecule has 0 saturated carbocycles. The molecule has 1 aliphatic heterocycles. The largest absolute Gasteiger partial charge is 0.416 e. The second kappa shape index (κ2) is 8.02. The summed E-state index contributed by atoms with van der Waals surface area (Å²) in [5.74, 6) is -0.787. The second-order valence-corrected chi connectivity index (χ2v) is 7.99. The number of nitrogens with zero attached hydrogens (tertiary/aromatic N) is 2. The minimum absolute atomic E-state index is 0.0160. The first-order valence-corrected chi connectivity index (χ1v) is 9.75. The third kappa shape index (κ3) is 4.59. The standard InChI is InChI=1S/C17H17F4N3O3S/c18-13-2-1-12(15(9-13)17(19,20)21)10-22-16-4-3-14(11-23-16)28(25,26)24-5-7-27-8-6-24/h1-4,9,11H,5-8,10H2,(H,22,23). The molecule has 1 aromatic heterocycles. The Labute approximate surface area is 159 Å². The quantitative estimate of drug-likeness (QED) is 0.755. The normalized spacial score (nSPS) is 16.1. The van der Waals surface area contributed by atoms with Crippen molar-refractivity contribution in [3.8, 4) is 0 Å². The molecule has 152 valence electrons. The first-order chi connectivity index (χ1) is 13.2. The predicted octanol–water partition coefficient (Wildman–Crippen LogP) is 2.87. The Morgan fingerprint density at radius 2 is 1.86 bits per heavy atom. The van der Waals surface area contributed by atoms with Crippen LogP contribution in [-0.2, 0) is 27.5 Å². The molecule has 1 aromatic carbocycles. The summed E-state index contributed by atoms with van der Waals surface area (Å²) in [6, 6.07) is 5.11. The molecule has 0 radical (unpaired) electrons. The smallest absolute Gasteiger partial charge is 0.379 e. The van der Waals surface area contributed by atoms with E-state index in [1.165, 1.54) is 16.4 Å². The summed E-state index contributed by atoms with van der Waals surface area (Å²) in [6.07, 6.45) is -3.55. The first kappa shape index (κ1) is 20.5. The van der Waals surface area contributed by atoms with Gasteiger partial charge in [0.2, 0.25) is 10.0 Å². The van der Waals surface area contributed by atoms with E-state index >= 15 is 0 Å². The first-order valence-electron chi connectivity index (χ1n) is 8.31. The maximum absolute atomic E-state index is 13.1. The number of ether oxygens (including phenoxy) is 1. The average molecular weight is 419 g/mol. The Morgan fingerprint density at radius 3 is 2.46 bits per heavy atom. The lowest BCUT2D eigenvalue weighted by Gasteiger charge is -2.25. The number of halogens is 4. The van der Waals surface area contributed by atoms with Crippen LogP contribution in [0, 0.1) is 5.82 Å². The fourth-order valence-corrected chi connectivity index (χ4v) is 4.08. The number of pyridine rings is 1. The van der Waals surface area contributed by atoms with Crippen molar-refractivity contribution >= 4 is 15.8 Å². The molecule has 0 bridgehead atoms. The SMILES string of the molecule is O=S(=O)(c1ccc(NCc2ccc(F)cc2C(F)(F)F)nc1)N1CCOCC1. The molecule has 1 N–H and O–H groups in total. The van der Waals surface area contributed by atoms with Crippen molar-refractivity contribution in [2.24, 2.45) is 0 Å². The van der Waals surface area contributed by atoms with Crippen molar-refractivity contribution in [1.29, 1.82) is 0 Å². The van der Waals surface area contributed by atoms with E-state index in [1.807, 2.05) is 0 Å². The van der Waals surface area contributed by atoms with Crippen LogP contribution >= 0.6 is 0 Å². The van der Waals surface area contributed by atoms with Gasteiger partial charge in [-0.1, -0.05) is 6.07 Å². The van der Waals surface area contributed by atoms with E-state index in [1.54, 1.807) is 0 Å². The highest BCUT2D eigenvalue weighted by Gasteiger charge is 2.33. The zero-order valence-electron chi connectivity index (χ0n) is 14.5. The second-order valence-electron chi connectivity index (χ2n) is 6.05. The summed E-state index contributed by atoms with van der Waals surface area (Å²) < 4.78 is 83.7. The van der Waals surface area contributed by atoms with Crippen molar-refractivity contribution in [1.82, 2.24) is 9.29 Å². The fraction of sp³-hybridized carbons (Fsp3) is 0.353. The Kier molecular flexibility index (Phi) is 5.87. The molecule has 0 unspecified atom stereocenters. The van der Waals surface area contributed by atoms with Crippen molar-refractivity contribution in [2.75, 3.05) is 31.6 Å². The molecule has 0 amide bonds. The van der Waals surface area contributed by atoms with Crippen LogP contribution in [0.25, 0.3) is 0 Å². The minimum atomic E-state index is -4.69. The maximum atomic E-state index is 13.1. The van der Waals surface area contributed by atoms with Gasteiger partial charge in [0.25, 0.3) is 0 Å². The Hall–Kier alpha value is -2.24. The van der Waals surface area contributed by atoms with Crippen LogP contribution in [-0.4, -0.2) is 44.0 Å². The molecule has 1 aliphatic rings. The minimum Gasteiger partial charge on any atom is -0.379 e. The van der Waals surface area contributed by atoms with E-state index in [9.17, 15) is 26.0 Å². The lowest BCUT2D eigenvalue weighted by atomic mass is 10.1. The van der Waals surface area contributed by atoms with Crippen LogP contribution in [0.2, 0.25) is 0 Å². The van der Waals surface area contributed by atoms with Crippen molar-refractivity contribution in [2.45, 2.75) is 17.6 Å². The molecule has 1 fully saturated rings. The Balaban J connectivity index is 1.72. The van der Waals surface area contributed by atoms with Gasteiger partial charge in [-0.05, 0) is 29.8 Å². The maximum Gasteiger partial charge on any atom is 0.416 e.